The lowest BCUT2D eigenvalue weighted by Crippen LogP contribution is -2.05. The monoisotopic (exact) mass is 376 g/mol. The van der Waals surface area contributed by atoms with Gasteiger partial charge in [0, 0.05) is 29.3 Å². The molecule has 0 saturated carbocycles. The second-order valence-corrected chi connectivity index (χ2v) is 6.58. The Morgan fingerprint density at radius 2 is 1.79 bits per heavy atom. The van der Waals surface area contributed by atoms with Gasteiger partial charge < -0.3 is 11.1 Å². The summed E-state index contributed by atoms with van der Waals surface area (Å²) in [7, 11) is 0. The first kappa shape index (κ1) is 17.9. The zero-order valence-electron chi connectivity index (χ0n) is 15.2. The molecule has 0 fully saturated rings. The molecule has 4 nitrogen and oxygen atoms in total. The number of nitrogen functional groups attached to an aromatic ring is 1. The average Bonchev–Trinajstić information content (AvgIpc) is 2.71. The molecule has 3 N–H and O–H groups in total. The van der Waals surface area contributed by atoms with E-state index >= 15 is 0 Å². The van der Waals surface area contributed by atoms with Crippen LogP contribution in [0.25, 0.3) is 22.2 Å². The molecule has 0 bridgehead atoms. The molecule has 6 heteroatoms. The number of anilines is 2. The predicted octanol–water partition coefficient (Wildman–Crippen LogP) is 5.08. The van der Waals surface area contributed by atoms with Gasteiger partial charge in [0.1, 0.15) is 17.5 Å². The van der Waals surface area contributed by atoms with Gasteiger partial charge in [0.2, 0.25) is 0 Å². The normalized spacial score (nSPS) is 11.0. The largest absolute Gasteiger partial charge is 0.396 e. The highest BCUT2D eigenvalue weighted by atomic mass is 19.1. The van der Waals surface area contributed by atoms with E-state index in [-0.39, 0.29) is 5.56 Å². The maximum Gasteiger partial charge on any atom is 0.150 e. The molecule has 0 aliphatic rings. The molecule has 0 saturated heterocycles. The smallest absolute Gasteiger partial charge is 0.150 e. The molecule has 0 unspecified atom stereocenters. The number of nitrogens with two attached hydrogens (primary N) is 1. The molecular weight excluding hydrogens is 358 g/mol. The minimum absolute atomic E-state index is 0.0108. The van der Waals surface area contributed by atoms with Crippen LogP contribution in [0.15, 0.2) is 60.8 Å². The minimum Gasteiger partial charge on any atom is -0.396 e. The SMILES string of the molecule is Cc1c(F)cc(-c2ccc(N)c(NCc3ccc4ncccc4c3)n2)cc1F. The summed E-state index contributed by atoms with van der Waals surface area (Å²) >= 11 is 0. The molecular formula is C22H18F2N4. The van der Waals surface area contributed by atoms with Crippen molar-refractivity contribution in [2.45, 2.75) is 13.5 Å². The van der Waals surface area contributed by atoms with Crippen molar-refractivity contribution in [1.29, 1.82) is 0 Å². The van der Waals surface area contributed by atoms with Gasteiger partial charge >= 0.3 is 0 Å². The Labute approximate surface area is 161 Å². The van der Waals surface area contributed by atoms with E-state index in [1.165, 1.54) is 19.1 Å². The number of nitrogens with one attached hydrogen (secondary N) is 1. The van der Waals surface area contributed by atoms with Crippen LogP contribution in [-0.2, 0) is 6.54 Å². The molecule has 28 heavy (non-hydrogen) atoms. The number of benzene rings is 2. The van der Waals surface area contributed by atoms with E-state index in [0.29, 0.717) is 29.3 Å². The van der Waals surface area contributed by atoms with Crippen molar-refractivity contribution >= 4 is 22.4 Å². The lowest BCUT2D eigenvalue weighted by atomic mass is 10.1. The van der Waals surface area contributed by atoms with E-state index in [1.54, 1.807) is 18.3 Å². The summed E-state index contributed by atoms with van der Waals surface area (Å²) in [6, 6.07) is 15.7. The zero-order chi connectivity index (χ0) is 19.7. The number of pyridine rings is 2. The van der Waals surface area contributed by atoms with Gasteiger partial charge in [0.15, 0.2) is 0 Å². The lowest BCUT2D eigenvalue weighted by molar-refractivity contribution is 0.569. The summed E-state index contributed by atoms with van der Waals surface area (Å²) in [5.41, 5.74) is 9.24. The number of hydrogen-bond donors (Lipinski definition) is 2. The lowest BCUT2D eigenvalue weighted by Gasteiger charge is -2.12. The third kappa shape index (κ3) is 3.49. The third-order valence-corrected chi connectivity index (χ3v) is 4.63. The summed E-state index contributed by atoms with van der Waals surface area (Å²) in [6.07, 6.45) is 1.76. The molecule has 0 aliphatic heterocycles. The maximum atomic E-state index is 13.9. The van der Waals surface area contributed by atoms with E-state index in [0.717, 1.165) is 16.5 Å². The van der Waals surface area contributed by atoms with Gasteiger partial charge in [-0.2, -0.15) is 0 Å². The van der Waals surface area contributed by atoms with Crippen LogP contribution in [0.5, 0.6) is 0 Å². The van der Waals surface area contributed by atoms with Crippen molar-refractivity contribution in [2.75, 3.05) is 11.1 Å². The molecule has 0 atom stereocenters. The fraction of sp³-hybridized carbons (Fsp3) is 0.0909. The summed E-state index contributed by atoms with van der Waals surface area (Å²) in [6.45, 7) is 1.90. The van der Waals surface area contributed by atoms with Crippen LogP contribution in [0.1, 0.15) is 11.1 Å². The molecule has 0 amide bonds. The maximum absolute atomic E-state index is 13.9. The quantitative estimate of drug-likeness (QED) is 0.521. The first-order chi connectivity index (χ1) is 13.5. The van der Waals surface area contributed by atoms with Gasteiger partial charge in [-0.3, -0.25) is 4.98 Å². The van der Waals surface area contributed by atoms with Gasteiger partial charge in [0.05, 0.1) is 16.9 Å². The number of hydrogen-bond acceptors (Lipinski definition) is 4. The van der Waals surface area contributed by atoms with Crippen LogP contribution < -0.4 is 11.1 Å². The molecule has 0 spiro atoms. The minimum atomic E-state index is -0.604. The van der Waals surface area contributed by atoms with Crippen LogP contribution >= 0.6 is 0 Å². The molecule has 2 aromatic heterocycles. The topological polar surface area (TPSA) is 63.8 Å². The van der Waals surface area contributed by atoms with Crippen molar-refractivity contribution < 1.29 is 8.78 Å². The van der Waals surface area contributed by atoms with Gasteiger partial charge in [0.25, 0.3) is 0 Å². The Balaban J connectivity index is 1.60. The summed E-state index contributed by atoms with van der Waals surface area (Å²) in [5.74, 6) is -0.744. The van der Waals surface area contributed by atoms with E-state index < -0.39 is 11.6 Å². The summed E-state index contributed by atoms with van der Waals surface area (Å²) < 4.78 is 27.8. The Kier molecular flexibility index (Phi) is 4.61. The number of fused-ring (bicyclic) bond motifs is 1. The number of aromatic nitrogens is 2. The Hall–Kier alpha value is -3.54. The van der Waals surface area contributed by atoms with Crippen LogP contribution in [-0.4, -0.2) is 9.97 Å². The number of nitrogens with zero attached hydrogens (tertiary/aromatic N) is 2. The van der Waals surface area contributed by atoms with E-state index in [2.05, 4.69) is 15.3 Å². The Bertz CT molecular complexity index is 1150. The highest BCUT2D eigenvalue weighted by Crippen LogP contribution is 2.26. The van der Waals surface area contributed by atoms with Crippen molar-refractivity contribution in [3.63, 3.8) is 0 Å². The molecule has 2 aromatic carbocycles. The molecule has 0 radical (unpaired) electrons. The average molecular weight is 376 g/mol. The Morgan fingerprint density at radius 1 is 1.00 bits per heavy atom. The van der Waals surface area contributed by atoms with E-state index in [4.69, 9.17) is 5.73 Å². The molecule has 2 heterocycles. The predicted molar refractivity (Wildman–Crippen MR) is 108 cm³/mol. The van der Waals surface area contributed by atoms with E-state index in [1.807, 2.05) is 30.3 Å². The second kappa shape index (κ2) is 7.23. The van der Waals surface area contributed by atoms with Crippen LogP contribution in [0, 0.1) is 18.6 Å². The van der Waals surface area contributed by atoms with Crippen molar-refractivity contribution in [2.24, 2.45) is 0 Å². The second-order valence-electron chi connectivity index (χ2n) is 6.58. The highest BCUT2D eigenvalue weighted by Gasteiger charge is 2.11. The fourth-order valence-electron chi connectivity index (χ4n) is 2.99. The first-order valence-electron chi connectivity index (χ1n) is 8.81. The standard InChI is InChI=1S/C22H18F2N4/c1-13-17(23)10-16(11-18(13)24)21-7-5-19(25)22(28-21)27-12-14-4-6-20-15(9-14)3-2-8-26-20/h2-11H,12,25H2,1H3,(H,27,28). The summed E-state index contributed by atoms with van der Waals surface area (Å²) in [4.78, 5) is 8.76. The highest BCUT2D eigenvalue weighted by molar-refractivity contribution is 5.79. The van der Waals surface area contributed by atoms with Gasteiger partial charge in [-0.25, -0.2) is 13.8 Å². The molecule has 4 rings (SSSR count). The molecule has 4 aromatic rings. The third-order valence-electron chi connectivity index (χ3n) is 4.63. The van der Waals surface area contributed by atoms with Crippen LogP contribution in [0.3, 0.4) is 0 Å². The van der Waals surface area contributed by atoms with Crippen molar-refractivity contribution in [3.05, 3.63) is 83.6 Å². The van der Waals surface area contributed by atoms with E-state index in [9.17, 15) is 8.78 Å². The molecule has 0 aliphatic carbocycles. The van der Waals surface area contributed by atoms with Gasteiger partial charge in [-0.15, -0.1) is 0 Å². The number of halogens is 2. The zero-order valence-corrected chi connectivity index (χ0v) is 15.2. The first-order valence-corrected chi connectivity index (χ1v) is 8.81. The van der Waals surface area contributed by atoms with Crippen LogP contribution in [0.2, 0.25) is 0 Å². The molecule has 140 valence electrons. The van der Waals surface area contributed by atoms with Gasteiger partial charge in [-0.05, 0) is 55.0 Å². The number of rotatable bonds is 4. The van der Waals surface area contributed by atoms with Gasteiger partial charge in [-0.1, -0.05) is 12.1 Å². The Morgan fingerprint density at radius 3 is 2.57 bits per heavy atom. The fourth-order valence-corrected chi connectivity index (χ4v) is 2.99. The van der Waals surface area contributed by atoms with Crippen LogP contribution in [0.4, 0.5) is 20.3 Å². The van der Waals surface area contributed by atoms with Crippen molar-refractivity contribution in [3.8, 4) is 11.3 Å². The van der Waals surface area contributed by atoms with Crippen molar-refractivity contribution in [1.82, 2.24) is 9.97 Å². The summed E-state index contributed by atoms with van der Waals surface area (Å²) in [5, 5.41) is 4.24.